The zero-order valence-corrected chi connectivity index (χ0v) is 14.5. The molecular weight excluding hydrogens is 341 g/mol. The summed E-state index contributed by atoms with van der Waals surface area (Å²) in [5.41, 5.74) is 8.92. The standard InChI is InChI=1S/C14H21Cl2N5O2/c1-3-4-7-21-19-14(18-20-21)17-13(22)9(2)23-12-6-5-10(15)8-11(12)16/h5-6,8-9,14,18-20H,3-4,7H2,1-2H3,(H,17,22). The van der Waals surface area contributed by atoms with E-state index in [0.717, 1.165) is 19.4 Å². The molecule has 0 aliphatic carbocycles. The maximum Gasteiger partial charge on any atom is 0.263 e. The first-order valence-electron chi connectivity index (χ1n) is 7.46. The molecule has 2 unspecified atom stereocenters. The third-order valence-corrected chi connectivity index (χ3v) is 3.75. The number of nitrogens with one attached hydrogen (secondary N) is 4. The van der Waals surface area contributed by atoms with Crippen LogP contribution in [0.4, 0.5) is 0 Å². The fourth-order valence-corrected chi connectivity index (χ4v) is 2.40. The van der Waals surface area contributed by atoms with Crippen LogP contribution in [-0.4, -0.2) is 30.0 Å². The molecule has 1 aromatic carbocycles. The Bertz CT molecular complexity index is 546. The van der Waals surface area contributed by atoms with Crippen molar-refractivity contribution in [2.24, 2.45) is 0 Å². The van der Waals surface area contributed by atoms with Crippen molar-refractivity contribution >= 4 is 29.1 Å². The molecule has 1 saturated heterocycles. The smallest absolute Gasteiger partial charge is 0.263 e. The predicted molar refractivity (Wildman–Crippen MR) is 89.5 cm³/mol. The van der Waals surface area contributed by atoms with E-state index in [2.05, 4.69) is 28.6 Å². The summed E-state index contributed by atoms with van der Waals surface area (Å²) in [5, 5.41) is 5.44. The summed E-state index contributed by atoms with van der Waals surface area (Å²) >= 11 is 11.9. The summed E-state index contributed by atoms with van der Waals surface area (Å²) in [4.78, 5) is 12.2. The molecule has 23 heavy (non-hydrogen) atoms. The summed E-state index contributed by atoms with van der Waals surface area (Å²) in [7, 11) is 0. The minimum Gasteiger partial charge on any atom is -0.479 e. The molecule has 1 aromatic rings. The second-order valence-electron chi connectivity index (χ2n) is 5.17. The van der Waals surface area contributed by atoms with Gasteiger partial charge in [0.1, 0.15) is 5.75 Å². The number of carbonyl (C=O) groups excluding carboxylic acids is 1. The molecule has 1 heterocycles. The Hall–Kier alpha value is -1.09. The number of hydrogen-bond donors (Lipinski definition) is 4. The first kappa shape index (κ1) is 18.3. The zero-order chi connectivity index (χ0) is 16.8. The van der Waals surface area contributed by atoms with Gasteiger partial charge in [0.2, 0.25) is 0 Å². The quantitative estimate of drug-likeness (QED) is 0.593. The number of carbonyl (C=O) groups is 1. The number of hydrazine groups is 3. The number of ether oxygens (including phenoxy) is 1. The van der Waals surface area contributed by atoms with Gasteiger partial charge in [-0.1, -0.05) is 36.5 Å². The van der Waals surface area contributed by atoms with Gasteiger partial charge in [-0.3, -0.25) is 4.79 Å². The van der Waals surface area contributed by atoms with E-state index in [-0.39, 0.29) is 5.91 Å². The molecule has 0 aromatic heterocycles. The van der Waals surface area contributed by atoms with Crippen LogP contribution >= 0.6 is 23.2 Å². The lowest BCUT2D eigenvalue weighted by molar-refractivity contribution is -0.128. The molecule has 128 valence electrons. The highest BCUT2D eigenvalue weighted by atomic mass is 35.5. The Morgan fingerprint density at radius 2 is 2.26 bits per heavy atom. The van der Waals surface area contributed by atoms with Crippen LogP contribution in [0.2, 0.25) is 10.0 Å². The summed E-state index contributed by atoms with van der Waals surface area (Å²) in [6, 6.07) is 4.86. The molecule has 0 spiro atoms. The van der Waals surface area contributed by atoms with Crippen molar-refractivity contribution in [3.63, 3.8) is 0 Å². The van der Waals surface area contributed by atoms with Gasteiger partial charge in [-0.15, -0.1) is 0 Å². The Morgan fingerprint density at radius 3 is 2.96 bits per heavy atom. The lowest BCUT2D eigenvalue weighted by Crippen LogP contribution is -2.53. The Kier molecular flexibility index (Phi) is 6.88. The van der Waals surface area contributed by atoms with Crippen molar-refractivity contribution in [3.05, 3.63) is 28.2 Å². The van der Waals surface area contributed by atoms with Gasteiger partial charge >= 0.3 is 0 Å². The monoisotopic (exact) mass is 361 g/mol. The average molecular weight is 362 g/mol. The van der Waals surface area contributed by atoms with Crippen LogP contribution in [0.1, 0.15) is 26.7 Å². The van der Waals surface area contributed by atoms with Crippen LogP contribution in [0.15, 0.2) is 18.2 Å². The lowest BCUT2D eigenvalue weighted by Gasteiger charge is -2.19. The van der Waals surface area contributed by atoms with Crippen molar-refractivity contribution in [3.8, 4) is 5.75 Å². The fraction of sp³-hybridized carbons (Fsp3) is 0.500. The van der Waals surface area contributed by atoms with E-state index >= 15 is 0 Å². The van der Waals surface area contributed by atoms with E-state index in [1.165, 1.54) is 0 Å². The number of benzene rings is 1. The van der Waals surface area contributed by atoms with E-state index in [9.17, 15) is 4.79 Å². The molecule has 7 nitrogen and oxygen atoms in total. The molecule has 1 amide bonds. The minimum atomic E-state index is -0.707. The highest BCUT2D eigenvalue weighted by molar-refractivity contribution is 6.35. The van der Waals surface area contributed by atoms with E-state index in [1.54, 1.807) is 30.2 Å². The van der Waals surface area contributed by atoms with Crippen LogP contribution in [0.5, 0.6) is 5.75 Å². The molecule has 1 aliphatic heterocycles. The minimum absolute atomic E-state index is 0.278. The van der Waals surface area contributed by atoms with Crippen LogP contribution in [-0.2, 0) is 4.79 Å². The van der Waals surface area contributed by atoms with Gasteiger partial charge in [-0.2, -0.15) is 10.7 Å². The Balaban J connectivity index is 1.81. The van der Waals surface area contributed by atoms with Gasteiger partial charge < -0.3 is 10.1 Å². The van der Waals surface area contributed by atoms with E-state index in [1.807, 2.05) is 0 Å². The van der Waals surface area contributed by atoms with Gasteiger partial charge in [0.05, 0.1) is 5.02 Å². The molecule has 0 saturated carbocycles. The summed E-state index contributed by atoms with van der Waals surface area (Å²) in [6.07, 6.45) is 1.01. The summed E-state index contributed by atoms with van der Waals surface area (Å²) in [5.74, 6) is 0.133. The number of nitrogens with zero attached hydrogens (tertiary/aromatic N) is 1. The van der Waals surface area contributed by atoms with Crippen molar-refractivity contribution in [2.45, 2.75) is 39.1 Å². The maximum atomic E-state index is 12.2. The zero-order valence-electron chi connectivity index (χ0n) is 13.0. The molecule has 4 N–H and O–H groups in total. The van der Waals surface area contributed by atoms with Crippen molar-refractivity contribution in [2.75, 3.05) is 6.54 Å². The second-order valence-corrected chi connectivity index (χ2v) is 6.01. The topological polar surface area (TPSA) is 77.7 Å². The maximum absolute atomic E-state index is 12.2. The molecule has 2 rings (SSSR count). The Labute approximate surface area is 145 Å². The molecule has 0 bridgehead atoms. The van der Waals surface area contributed by atoms with Gasteiger partial charge in [-0.05, 0) is 31.5 Å². The molecule has 1 aliphatic rings. The van der Waals surface area contributed by atoms with Gasteiger partial charge in [0, 0.05) is 11.6 Å². The number of unbranched alkanes of at least 4 members (excludes halogenated alkanes) is 1. The number of amides is 1. The summed E-state index contributed by atoms with van der Waals surface area (Å²) < 4.78 is 5.57. The molecule has 1 fully saturated rings. The SMILES string of the molecule is CCCCN1NNC(NC(=O)C(C)Oc2ccc(Cl)cc2Cl)N1. The van der Waals surface area contributed by atoms with Crippen LogP contribution in [0.25, 0.3) is 0 Å². The van der Waals surface area contributed by atoms with Crippen LogP contribution < -0.4 is 26.4 Å². The highest BCUT2D eigenvalue weighted by Crippen LogP contribution is 2.28. The first-order valence-corrected chi connectivity index (χ1v) is 8.22. The number of hydrogen-bond acceptors (Lipinski definition) is 6. The van der Waals surface area contributed by atoms with Gasteiger partial charge in [0.15, 0.2) is 12.4 Å². The second kappa shape index (κ2) is 8.68. The summed E-state index contributed by atoms with van der Waals surface area (Å²) in [6.45, 7) is 4.59. The third-order valence-electron chi connectivity index (χ3n) is 3.22. The van der Waals surface area contributed by atoms with E-state index in [0.29, 0.717) is 15.8 Å². The van der Waals surface area contributed by atoms with E-state index in [4.69, 9.17) is 27.9 Å². The predicted octanol–water partition coefficient (Wildman–Crippen LogP) is 1.79. The van der Waals surface area contributed by atoms with Crippen LogP contribution in [0.3, 0.4) is 0 Å². The van der Waals surface area contributed by atoms with E-state index < -0.39 is 12.4 Å². The number of rotatable bonds is 7. The molecule has 2 atom stereocenters. The third kappa shape index (κ3) is 5.49. The van der Waals surface area contributed by atoms with Crippen molar-refractivity contribution in [1.29, 1.82) is 0 Å². The Morgan fingerprint density at radius 1 is 1.48 bits per heavy atom. The molecule has 9 heteroatoms. The van der Waals surface area contributed by atoms with Crippen molar-refractivity contribution < 1.29 is 9.53 Å². The lowest BCUT2D eigenvalue weighted by atomic mass is 10.3. The first-order chi connectivity index (χ1) is 11.0. The number of halogens is 2. The van der Waals surface area contributed by atoms with Crippen LogP contribution in [0, 0.1) is 0 Å². The average Bonchev–Trinajstić information content (AvgIpc) is 2.95. The fourth-order valence-electron chi connectivity index (χ4n) is 1.94. The highest BCUT2D eigenvalue weighted by Gasteiger charge is 2.24. The van der Waals surface area contributed by atoms with Crippen molar-refractivity contribution in [1.82, 2.24) is 26.8 Å². The normalized spacial score (nSPS) is 19.6. The van der Waals surface area contributed by atoms with Gasteiger partial charge in [0.25, 0.3) is 5.91 Å². The molecule has 0 radical (unpaired) electrons. The van der Waals surface area contributed by atoms with Gasteiger partial charge in [-0.25, -0.2) is 10.9 Å². The molecular formula is C14H21Cl2N5O2. The largest absolute Gasteiger partial charge is 0.479 e.